The Kier molecular flexibility index (Phi) is 4.16. The minimum absolute atomic E-state index is 0.0915. The minimum Gasteiger partial charge on any atom is -0.467 e. The van der Waals surface area contributed by atoms with Crippen molar-refractivity contribution in [3.8, 4) is 0 Å². The van der Waals surface area contributed by atoms with E-state index in [4.69, 9.17) is 13.9 Å². The summed E-state index contributed by atoms with van der Waals surface area (Å²) in [7, 11) is 0. The zero-order chi connectivity index (χ0) is 18.9. The molecule has 28 heavy (non-hydrogen) atoms. The van der Waals surface area contributed by atoms with Gasteiger partial charge in [0.1, 0.15) is 23.3 Å². The largest absolute Gasteiger partial charge is 0.467 e. The van der Waals surface area contributed by atoms with Crippen LogP contribution >= 0.6 is 0 Å². The lowest BCUT2D eigenvalue weighted by Crippen LogP contribution is -2.32. The van der Waals surface area contributed by atoms with Crippen LogP contribution in [0, 0.1) is 5.92 Å². The summed E-state index contributed by atoms with van der Waals surface area (Å²) in [5, 5.41) is 6.32. The van der Waals surface area contributed by atoms with E-state index in [1.165, 1.54) is 0 Å². The van der Waals surface area contributed by atoms with Crippen LogP contribution in [-0.2, 0) is 0 Å². The van der Waals surface area contributed by atoms with Crippen LogP contribution in [0.15, 0.2) is 80.7 Å². The number of hydrazone groups is 1. The van der Waals surface area contributed by atoms with Crippen molar-refractivity contribution < 1.29 is 13.6 Å². The van der Waals surface area contributed by atoms with Crippen LogP contribution in [0.4, 0.5) is 0 Å². The molecular weight excluding hydrogens is 354 g/mol. The van der Waals surface area contributed by atoms with Crippen LogP contribution in [-0.4, -0.2) is 21.6 Å². The first-order chi connectivity index (χ1) is 13.8. The molecule has 0 saturated heterocycles. The van der Waals surface area contributed by atoms with Crippen molar-refractivity contribution >= 4 is 17.7 Å². The fourth-order valence-corrected chi connectivity index (χ4v) is 4.06. The molecule has 3 aromatic heterocycles. The normalized spacial score (nSPS) is 22.9. The van der Waals surface area contributed by atoms with Gasteiger partial charge in [-0.25, -0.2) is 5.01 Å². The van der Waals surface area contributed by atoms with Gasteiger partial charge in [0.15, 0.2) is 0 Å². The second kappa shape index (κ2) is 6.96. The Morgan fingerprint density at radius 3 is 2.75 bits per heavy atom. The van der Waals surface area contributed by atoms with E-state index in [1.807, 2.05) is 30.3 Å². The van der Waals surface area contributed by atoms with Crippen LogP contribution in [0.5, 0.6) is 0 Å². The number of carbonyl (C=O) groups is 1. The summed E-state index contributed by atoms with van der Waals surface area (Å²) in [6.07, 6.45) is 9.83. The molecule has 2 atom stereocenters. The average molecular weight is 373 g/mol. The third-order valence-corrected chi connectivity index (χ3v) is 5.29. The second-order valence-electron chi connectivity index (χ2n) is 6.99. The number of carbonyl (C=O) groups excluding carboxylic acids is 1. The molecule has 2 aliphatic rings. The summed E-state index contributed by atoms with van der Waals surface area (Å²) in [6, 6.07) is 12.6. The number of furan rings is 2. The third-order valence-electron chi connectivity index (χ3n) is 5.29. The van der Waals surface area contributed by atoms with Crippen molar-refractivity contribution in [2.24, 2.45) is 11.0 Å². The van der Waals surface area contributed by atoms with Crippen LogP contribution in [0.2, 0.25) is 0 Å². The highest BCUT2D eigenvalue weighted by Gasteiger charge is 2.45. The molecule has 1 aliphatic heterocycles. The summed E-state index contributed by atoms with van der Waals surface area (Å²) in [5.41, 5.74) is 2.42. The first-order valence-corrected chi connectivity index (χ1v) is 9.42. The topological polar surface area (TPSA) is 71.8 Å². The maximum atomic E-state index is 13.2. The Balaban J connectivity index is 1.57. The lowest BCUT2D eigenvalue weighted by Gasteiger charge is -2.27. The van der Waals surface area contributed by atoms with Gasteiger partial charge in [-0.15, -0.1) is 0 Å². The molecule has 0 bridgehead atoms. The van der Waals surface area contributed by atoms with Gasteiger partial charge in [0.05, 0.1) is 18.2 Å². The summed E-state index contributed by atoms with van der Waals surface area (Å²) < 4.78 is 11.2. The monoisotopic (exact) mass is 373 g/mol. The smallest absolute Gasteiger partial charge is 0.293 e. The van der Waals surface area contributed by atoms with Gasteiger partial charge in [-0.3, -0.25) is 9.78 Å². The Morgan fingerprint density at radius 1 is 1.11 bits per heavy atom. The molecule has 1 fully saturated rings. The fraction of sp³-hybridized carbons (Fsp3) is 0.227. The van der Waals surface area contributed by atoms with Crippen molar-refractivity contribution in [3.63, 3.8) is 0 Å². The zero-order valence-electron chi connectivity index (χ0n) is 15.2. The number of hydrogen-bond donors (Lipinski definition) is 0. The number of amides is 1. The molecule has 6 nitrogen and oxygen atoms in total. The van der Waals surface area contributed by atoms with Gasteiger partial charge in [-0.2, -0.15) is 5.10 Å². The van der Waals surface area contributed by atoms with Crippen LogP contribution in [0.3, 0.4) is 0 Å². The molecule has 4 heterocycles. The van der Waals surface area contributed by atoms with E-state index in [9.17, 15) is 4.79 Å². The van der Waals surface area contributed by atoms with Crippen molar-refractivity contribution in [3.05, 3.63) is 84.0 Å². The summed E-state index contributed by atoms with van der Waals surface area (Å²) >= 11 is 0. The van der Waals surface area contributed by atoms with Gasteiger partial charge in [0, 0.05) is 12.1 Å². The number of fused-ring (bicyclic) bond motifs is 1. The summed E-state index contributed by atoms with van der Waals surface area (Å²) in [5.74, 6) is 1.41. The van der Waals surface area contributed by atoms with E-state index in [0.717, 1.165) is 42.1 Å². The van der Waals surface area contributed by atoms with E-state index in [0.29, 0.717) is 5.69 Å². The van der Waals surface area contributed by atoms with Crippen LogP contribution in [0.1, 0.15) is 47.3 Å². The van der Waals surface area contributed by atoms with Crippen molar-refractivity contribution in [1.29, 1.82) is 0 Å². The number of allylic oxidation sites excluding steroid dienone is 1. The van der Waals surface area contributed by atoms with Crippen molar-refractivity contribution in [1.82, 2.24) is 9.99 Å². The Labute approximate surface area is 162 Å². The molecule has 0 spiro atoms. The molecular formula is C22H19N3O3. The Hall–Kier alpha value is -3.41. The number of rotatable bonds is 3. The second-order valence-corrected chi connectivity index (χ2v) is 6.99. The van der Waals surface area contributed by atoms with Gasteiger partial charge in [-0.1, -0.05) is 6.07 Å². The van der Waals surface area contributed by atoms with E-state index in [2.05, 4.69) is 4.98 Å². The highest BCUT2D eigenvalue weighted by molar-refractivity contribution is 6.08. The maximum absolute atomic E-state index is 13.2. The summed E-state index contributed by atoms with van der Waals surface area (Å²) in [4.78, 5) is 17.4. The average Bonchev–Trinajstić information content (AvgIpc) is 3.48. The van der Waals surface area contributed by atoms with E-state index >= 15 is 0 Å². The predicted octanol–water partition coefficient (Wildman–Crippen LogP) is 4.70. The third kappa shape index (κ3) is 2.87. The summed E-state index contributed by atoms with van der Waals surface area (Å²) in [6.45, 7) is 0. The number of hydrogen-bond acceptors (Lipinski definition) is 5. The van der Waals surface area contributed by atoms with Gasteiger partial charge in [0.2, 0.25) is 0 Å². The Morgan fingerprint density at radius 2 is 2.00 bits per heavy atom. The standard InChI is InChI=1S/C22H19N3O3/c26-22(18-9-1-2-11-23-18)25-21(19-10-5-13-28-19)17-8-3-6-15(20(17)24-25)14-16-7-4-12-27-16/h1-2,4-5,7,9-14,17,21H,3,6,8H2/b15-14-. The molecule has 2 unspecified atom stereocenters. The molecule has 140 valence electrons. The van der Waals surface area contributed by atoms with Crippen LogP contribution < -0.4 is 0 Å². The fourth-order valence-electron chi connectivity index (χ4n) is 4.06. The molecule has 0 N–H and O–H groups in total. The van der Waals surface area contributed by atoms with E-state index in [-0.39, 0.29) is 17.9 Å². The van der Waals surface area contributed by atoms with Crippen LogP contribution in [0.25, 0.3) is 6.08 Å². The minimum atomic E-state index is -0.264. The highest BCUT2D eigenvalue weighted by Crippen LogP contribution is 2.44. The number of aromatic nitrogens is 1. The molecule has 1 amide bonds. The van der Waals surface area contributed by atoms with Gasteiger partial charge < -0.3 is 8.83 Å². The van der Waals surface area contributed by atoms with Gasteiger partial charge in [-0.05, 0) is 67.3 Å². The molecule has 6 heteroatoms. The predicted molar refractivity (Wildman–Crippen MR) is 103 cm³/mol. The highest BCUT2D eigenvalue weighted by atomic mass is 16.3. The van der Waals surface area contributed by atoms with Gasteiger partial charge >= 0.3 is 0 Å². The lowest BCUT2D eigenvalue weighted by atomic mass is 9.79. The first kappa shape index (κ1) is 16.7. The molecule has 3 aromatic rings. The van der Waals surface area contributed by atoms with Gasteiger partial charge in [0.25, 0.3) is 5.91 Å². The SMILES string of the molecule is O=C(c1ccccn1)N1N=C2/C(=C\c3ccco3)CCCC2C1c1ccco1. The van der Waals surface area contributed by atoms with Crippen molar-refractivity contribution in [2.45, 2.75) is 25.3 Å². The van der Waals surface area contributed by atoms with E-state index in [1.54, 1.807) is 41.9 Å². The Bertz CT molecular complexity index is 1020. The maximum Gasteiger partial charge on any atom is 0.293 e. The molecule has 0 radical (unpaired) electrons. The quantitative estimate of drug-likeness (QED) is 0.667. The number of nitrogens with zero attached hydrogens (tertiary/aromatic N) is 3. The lowest BCUT2D eigenvalue weighted by molar-refractivity contribution is 0.0650. The van der Waals surface area contributed by atoms with E-state index < -0.39 is 0 Å². The first-order valence-electron chi connectivity index (χ1n) is 9.42. The molecule has 1 aliphatic carbocycles. The molecule has 1 saturated carbocycles. The van der Waals surface area contributed by atoms with Crippen molar-refractivity contribution in [2.75, 3.05) is 0 Å². The number of pyridine rings is 1. The zero-order valence-corrected chi connectivity index (χ0v) is 15.2. The molecule has 5 rings (SSSR count). The molecule has 0 aromatic carbocycles.